The van der Waals surface area contributed by atoms with E-state index in [0.29, 0.717) is 28.5 Å². The number of sulfonamides is 1. The summed E-state index contributed by atoms with van der Waals surface area (Å²) in [7, 11) is -0.565. The monoisotopic (exact) mass is 345 g/mol. The van der Waals surface area contributed by atoms with Crippen LogP contribution in [0.5, 0.6) is 11.5 Å². The van der Waals surface area contributed by atoms with Crippen LogP contribution in [0.4, 0.5) is 5.69 Å². The van der Waals surface area contributed by atoms with Crippen LogP contribution < -0.4 is 14.2 Å². The minimum absolute atomic E-state index is 0.385. The molecule has 0 unspecified atom stereocenters. The van der Waals surface area contributed by atoms with Gasteiger partial charge in [-0.15, -0.1) is 0 Å². The molecule has 0 saturated heterocycles. The quantitative estimate of drug-likeness (QED) is 0.902. The molecule has 0 fully saturated rings. The molecule has 0 aliphatic heterocycles. The van der Waals surface area contributed by atoms with Crippen molar-refractivity contribution in [2.75, 3.05) is 18.9 Å². The summed E-state index contributed by atoms with van der Waals surface area (Å²) in [5.41, 5.74) is 2.56. The van der Waals surface area contributed by atoms with E-state index < -0.39 is 10.0 Å². The zero-order valence-electron chi connectivity index (χ0n) is 13.6. The number of aryl methyl sites for hydroxylation is 1. The first-order valence-electron chi connectivity index (χ1n) is 7.57. The second kappa shape index (κ2) is 6.57. The molecule has 0 heterocycles. The number of ether oxygens (including phenoxy) is 2. The van der Waals surface area contributed by atoms with E-state index in [1.54, 1.807) is 24.3 Å². The van der Waals surface area contributed by atoms with Crippen LogP contribution in [0.2, 0.25) is 0 Å². The number of allylic oxidation sites excluding steroid dienone is 1. The van der Waals surface area contributed by atoms with Crippen molar-refractivity contribution in [3.63, 3.8) is 0 Å². The molecule has 126 valence electrons. The van der Waals surface area contributed by atoms with Crippen LogP contribution in [0.1, 0.15) is 17.5 Å². The molecule has 6 heteroatoms. The Morgan fingerprint density at radius 2 is 1.71 bits per heavy atom. The van der Waals surface area contributed by atoms with E-state index in [0.717, 1.165) is 12.0 Å². The lowest BCUT2D eigenvalue weighted by atomic mass is 9.98. The molecule has 0 bridgehead atoms. The number of methoxy groups -OCH3 is 2. The Labute approximate surface area is 142 Å². The Morgan fingerprint density at radius 3 is 2.46 bits per heavy atom. The molecule has 1 aliphatic carbocycles. The SMILES string of the molecule is COc1ccc(NS(=O)(=O)C2=Cc3ccccc3CC2)cc1OC. The maximum absolute atomic E-state index is 12.7. The lowest BCUT2D eigenvalue weighted by Crippen LogP contribution is -2.17. The molecule has 5 nitrogen and oxygen atoms in total. The maximum Gasteiger partial charge on any atom is 0.258 e. The number of fused-ring (bicyclic) bond motifs is 1. The lowest BCUT2D eigenvalue weighted by molar-refractivity contribution is 0.355. The summed E-state index contributed by atoms with van der Waals surface area (Å²) in [6, 6.07) is 12.8. The van der Waals surface area contributed by atoms with Gasteiger partial charge in [-0.05, 0) is 42.2 Å². The van der Waals surface area contributed by atoms with Crippen molar-refractivity contribution in [2.45, 2.75) is 12.8 Å². The van der Waals surface area contributed by atoms with E-state index in [1.807, 2.05) is 24.3 Å². The van der Waals surface area contributed by atoms with Crippen LogP contribution in [-0.4, -0.2) is 22.6 Å². The highest BCUT2D eigenvalue weighted by atomic mass is 32.2. The standard InChI is InChI=1S/C18H19NO4S/c1-22-17-10-8-15(12-18(17)23-2)19-24(20,21)16-9-7-13-5-3-4-6-14(13)11-16/h3-6,8,10-12,19H,7,9H2,1-2H3. The molecule has 0 aromatic heterocycles. The van der Waals surface area contributed by atoms with Crippen molar-refractivity contribution in [3.05, 3.63) is 58.5 Å². The molecule has 0 saturated carbocycles. The highest BCUT2D eigenvalue weighted by Crippen LogP contribution is 2.32. The topological polar surface area (TPSA) is 64.6 Å². The molecule has 24 heavy (non-hydrogen) atoms. The van der Waals surface area contributed by atoms with Gasteiger partial charge in [0.15, 0.2) is 11.5 Å². The van der Waals surface area contributed by atoms with Gasteiger partial charge >= 0.3 is 0 Å². The van der Waals surface area contributed by atoms with Gasteiger partial charge in [-0.3, -0.25) is 4.72 Å². The number of hydrogen-bond acceptors (Lipinski definition) is 4. The van der Waals surface area contributed by atoms with Crippen LogP contribution in [0.15, 0.2) is 47.4 Å². The van der Waals surface area contributed by atoms with E-state index in [-0.39, 0.29) is 0 Å². The Kier molecular flexibility index (Phi) is 4.49. The number of nitrogens with one attached hydrogen (secondary N) is 1. The van der Waals surface area contributed by atoms with Crippen molar-refractivity contribution in [3.8, 4) is 11.5 Å². The summed E-state index contributed by atoms with van der Waals surface area (Å²) < 4.78 is 38.3. The van der Waals surface area contributed by atoms with E-state index in [9.17, 15) is 8.42 Å². The van der Waals surface area contributed by atoms with Crippen molar-refractivity contribution >= 4 is 21.8 Å². The second-order valence-electron chi connectivity index (χ2n) is 5.48. The number of benzene rings is 2. The van der Waals surface area contributed by atoms with Gasteiger partial charge < -0.3 is 9.47 Å². The average molecular weight is 345 g/mol. The van der Waals surface area contributed by atoms with Crippen LogP contribution in [0.25, 0.3) is 6.08 Å². The fraction of sp³-hybridized carbons (Fsp3) is 0.222. The van der Waals surface area contributed by atoms with E-state index >= 15 is 0 Å². The van der Waals surface area contributed by atoms with E-state index in [2.05, 4.69) is 4.72 Å². The summed E-state index contributed by atoms with van der Waals surface area (Å²) in [5.74, 6) is 1.02. The smallest absolute Gasteiger partial charge is 0.258 e. The third-order valence-corrected chi connectivity index (χ3v) is 5.51. The van der Waals surface area contributed by atoms with Gasteiger partial charge in [0.1, 0.15) is 0 Å². The third kappa shape index (κ3) is 3.23. The van der Waals surface area contributed by atoms with Crippen LogP contribution in [0.3, 0.4) is 0 Å². The average Bonchev–Trinajstić information content (AvgIpc) is 2.60. The first kappa shape index (κ1) is 16.4. The molecule has 2 aromatic carbocycles. The van der Waals surface area contributed by atoms with Crippen LogP contribution in [-0.2, 0) is 16.4 Å². The molecule has 0 radical (unpaired) electrons. The van der Waals surface area contributed by atoms with Crippen molar-refractivity contribution in [2.24, 2.45) is 0 Å². The first-order valence-corrected chi connectivity index (χ1v) is 9.05. The second-order valence-corrected chi connectivity index (χ2v) is 7.22. The predicted octanol–water partition coefficient (Wildman–Crippen LogP) is 3.43. The highest BCUT2D eigenvalue weighted by Gasteiger charge is 2.22. The minimum atomic E-state index is -3.61. The highest BCUT2D eigenvalue weighted by molar-refractivity contribution is 7.96. The first-order chi connectivity index (χ1) is 11.5. The molecular formula is C18H19NO4S. The van der Waals surface area contributed by atoms with Gasteiger partial charge in [-0.1, -0.05) is 24.3 Å². The molecule has 1 aliphatic rings. The third-order valence-electron chi connectivity index (χ3n) is 3.99. The molecule has 2 aromatic rings. The van der Waals surface area contributed by atoms with Gasteiger partial charge in [-0.2, -0.15) is 0 Å². The summed E-state index contributed by atoms with van der Waals surface area (Å²) in [5, 5.41) is 0. The molecule has 0 amide bonds. The largest absolute Gasteiger partial charge is 0.493 e. The fourth-order valence-electron chi connectivity index (χ4n) is 2.74. The van der Waals surface area contributed by atoms with Gasteiger partial charge in [0, 0.05) is 6.07 Å². The maximum atomic E-state index is 12.7. The predicted molar refractivity (Wildman–Crippen MR) is 94.8 cm³/mol. The normalized spacial score (nSPS) is 13.7. The minimum Gasteiger partial charge on any atom is -0.493 e. The van der Waals surface area contributed by atoms with Gasteiger partial charge in [0.2, 0.25) is 0 Å². The lowest BCUT2D eigenvalue weighted by Gasteiger charge is -2.18. The van der Waals surface area contributed by atoms with E-state index in [1.165, 1.54) is 19.8 Å². The Bertz CT molecular complexity index is 888. The van der Waals surface area contributed by atoms with E-state index in [4.69, 9.17) is 9.47 Å². The number of rotatable bonds is 5. The fourth-order valence-corrected chi connectivity index (χ4v) is 3.96. The summed E-state index contributed by atoms with van der Waals surface area (Å²) in [4.78, 5) is 0.385. The Balaban J connectivity index is 1.89. The molecule has 0 atom stereocenters. The van der Waals surface area contributed by atoms with Gasteiger partial charge in [0.25, 0.3) is 10.0 Å². The Hall–Kier alpha value is -2.47. The molecule has 0 spiro atoms. The van der Waals surface area contributed by atoms with Gasteiger partial charge in [-0.25, -0.2) is 8.42 Å². The van der Waals surface area contributed by atoms with Crippen molar-refractivity contribution in [1.82, 2.24) is 0 Å². The number of hydrogen-bond donors (Lipinski definition) is 1. The number of anilines is 1. The summed E-state index contributed by atoms with van der Waals surface area (Å²) >= 11 is 0. The summed E-state index contributed by atoms with van der Waals surface area (Å²) in [6.45, 7) is 0. The zero-order valence-corrected chi connectivity index (χ0v) is 14.4. The van der Waals surface area contributed by atoms with Crippen molar-refractivity contribution in [1.29, 1.82) is 0 Å². The van der Waals surface area contributed by atoms with Crippen LogP contribution >= 0.6 is 0 Å². The summed E-state index contributed by atoms with van der Waals surface area (Å²) in [6.07, 6.45) is 2.94. The zero-order chi connectivity index (χ0) is 17.2. The molecular weight excluding hydrogens is 326 g/mol. The van der Waals surface area contributed by atoms with Crippen LogP contribution in [0, 0.1) is 0 Å². The van der Waals surface area contributed by atoms with Crippen molar-refractivity contribution < 1.29 is 17.9 Å². The Morgan fingerprint density at radius 1 is 0.958 bits per heavy atom. The molecule has 1 N–H and O–H groups in total. The van der Waals surface area contributed by atoms with Gasteiger partial charge in [0.05, 0.1) is 24.8 Å². The molecule has 3 rings (SSSR count).